The van der Waals surface area contributed by atoms with Gasteiger partial charge in [0.05, 0.1) is 0 Å². The molecule has 0 saturated heterocycles. The maximum atomic E-state index is 2.39. The van der Waals surface area contributed by atoms with Gasteiger partial charge in [0.15, 0.2) is 0 Å². The molecule has 0 heterocycles. The van der Waals surface area contributed by atoms with Crippen LogP contribution in [0.25, 0.3) is 0 Å². The van der Waals surface area contributed by atoms with Crippen LogP contribution in [0.1, 0.15) is 125 Å². The van der Waals surface area contributed by atoms with E-state index in [9.17, 15) is 0 Å². The van der Waals surface area contributed by atoms with E-state index in [1.165, 1.54) is 101 Å². The molecule has 0 nitrogen and oxygen atoms in total. The van der Waals surface area contributed by atoms with E-state index < -0.39 is 0 Å². The van der Waals surface area contributed by atoms with Crippen LogP contribution in [0.3, 0.4) is 0 Å². The number of rotatable bonds is 19. The molecule has 0 aliphatic carbocycles. The van der Waals surface area contributed by atoms with Gasteiger partial charge in [0, 0.05) is 5.92 Å². The molecule has 0 aromatic carbocycles. The zero-order valence-corrected chi connectivity index (χ0v) is 21.0. The first-order chi connectivity index (χ1) is 14.7. The molecule has 0 unspecified atom stereocenters. The standard InChI is InChI=1S/C30H51/c1-6-10-14-17-19-21-24-28(5)30(27-23-18-15-11-7-2)29(25-20-13-9-4)26-22-16-12-8-3/h20-27H,6-19H2,1-5H3. The predicted octanol–water partition coefficient (Wildman–Crippen LogP) is 10.6. The SMILES string of the molecule is CCCC=C[C](C=CCCCC)C(C=CCCCCC)=C(C)C=CCCCCCC. The number of hydrogen-bond acceptors (Lipinski definition) is 0. The first-order valence-electron chi connectivity index (χ1n) is 12.9. The van der Waals surface area contributed by atoms with Gasteiger partial charge in [-0.15, -0.1) is 0 Å². The quantitative estimate of drug-likeness (QED) is 0.146. The maximum Gasteiger partial charge on any atom is 0.0481 e. The van der Waals surface area contributed by atoms with Crippen molar-refractivity contribution in [2.75, 3.05) is 0 Å². The highest BCUT2D eigenvalue weighted by atomic mass is 14.1. The zero-order chi connectivity index (χ0) is 22.3. The van der Waals surface area contributed by atoms with Crippen molar-refractivity contribution in [3.63, 3.8) is 0 Å². The first kappa shape index (κ1) is 28.7. The summed E-state index contributed by atoms with van der Waals surface area (Å²) in [6.07, 6.45) is 36.5. The second-order valence-corrected chi connectivity index (χ2v) is 8.44. The van der Waals surface area contributed by atoms with Crippen molar-refractivity contribution in [3.05, 3.63) is 65.7 Å². The molecule has 0 aromatic heterocycles. The van der Waals surface area contributed by atoms with E-state index in [0.717, 1.165) is 6.42 Å². The van der Waals surface area contributed by atoms with Gasteiger partial charge in [0.2, 0.25) is 0 Å². The van der Waals surface area contributed by atoms with E-state index in [-0.39, 0.29) is 0 Å². The highest BCUT2D eigenvalue weighted by Gasteiger charge is 2.09. The largest absolute Gasteiger partial charge is 0.0873 e. The summed E-state index contributed by atoms with van der Waals surface area (Å²) in [6.45, 7) is 11.3. The minimum absolute atomic E-state index is 1.14. The van der Waals surface area contributed by atoms with Crippen LogP contribution >= 0.6 is 0 Å². The van der Waals surface area contributed by atoms with Gasteiger partial charge in [0.1, 0.15) is 0 Å². The van der Waals surface area contributed by atoms with Gasteiger partial charge < -0.3 is 0 Å². The van der Waals surface area contributed by atoms with E-state index in [1.54, 1.807) is 0 Å². The zero-order valence-electron chi connectivity index (χ0n) is 21.0. The molecule has 0 atom stereocenters. The van der Waals surface area contributed by atoms with Crippen molar-refractivity contribution >= 4 is 0 Å². The molecule has 0 fully saturated rings. The smallest absolute Gasteiger partial charge is 0.0481 e. The Morgan fingerprint density at radius 3 is 1.60 bits per heavy atom. The van der Waals surface area contributed by atoms with Crippen molar-refractivity contribution in [2.45, 2.75) is 125 Å². The Bertz CT molecular complexity index is 512. The number of allylic oxidation sites excluding steroid dienone is 10. The van der Waals surface area contributed by atoms with Crippen LogP contribution < -0.4 is 0 Å². The molecule has 1 radical (unpaired) electrons. The van der Waals surface area contributed by atoms with Crippen molar-refractivity contribution in [2.24, 2.45) is 0 Å². The molecule has 0 aliphatic heterocycles. The van der Waals surface area contributed by atoms with Crippen LogP contribution in [0.4, 0.5) is 0 Å². The van der Waals surface area contributed by atoms with Crippen LogP contribution in [0.2, 0.25) is 0 Å². The highest BCUT2D eigenvalue weighted by molar-refractivity contribution is 5.51. The molecule has 0 aliphatic rings. The Morgan fingerprint density at radius 1 is 0.467 bits per heavy atom. The number of unbranched alkanes of at least 4 members (excludes halogenated alkanes) is 10. The third kappa shape index (κ3) is 16.5. The fourth-order valence-electron chi connectivity index (χ4n) is 3.35. The monoisotopic (exact) mass is 411 g/mol. The predicted molar refractivity (Wildman–Crippen MR) is 140 cm³/mol. The van der Waals surface area contributed by atoms with Crippen molar-refractivity contribution < 1.29 is 0 Å². The third-order valence-corrected chi connectivity index (χ3v) is 5.36. The molecular formula is C30H51. The normalized spacial score (nSPS) is 13.7. The van der Waals surface area contributed by atoms with Crippen LogP contribution in [-0.2, 0) is 0 Å². The lowest BCUT2D eigenvalue weighted by Gasteiger charge is -2.13. The average molecular weight is 412 g/mol. The lowest BCUT2D eigenvalue weighted by Crippen LogP contribution is -1.96. The average Bonchev–Trinajstić information content (AvgIpc) is 2.75. The van der Waals surface area contributed by atoms with E-state index in [4.69, 9.17) is 0 Å². The summed E-state index contributed by atoms with van der Waals surface area (Å²) >= 11 is 0. The van der Waals surface area contributed by atoms with Gasteiger partial charge in [-0.2, -0.15) is 0 Å². The Balaban J connectivity index is 5.44. The number of hydrogen-bond donors (Lipinski definition) is 0. The molecule has 0 rings (SSSR count). The summed E-state index contributed by atoms with van der Waals surface area (Å²) in [4.78, 5) is 0. The lowest BCUT2D eigenvalue weighted by atomic mass is 9.91. The minimum Gasteiger partial charge on any atom is -0.0873 e. The summed E-state index contributed by atoms with van der Waals surface area (Å²) in [5.41, 5.74) is 2.77. The van der Waals surface area contributed by atoms with E-state index in [1.807, 2.05) is 0 Å². The molecular weight excluding hydrogens is 360 g/mol. The molecule has 0 saturated carbocycles. The molecule has 30 heavy (non-hydrogen) atoms. The van der Waals surface area contributed by atoms with Gasteiger partial charge >= 0.3 is 0 Å². The fraction of sp³-hybridized carbons (Fsp3) is 0.633. The third-order valence-electron chi connectivity index (χ3n) is 5.36. The molecule has 0 bridgehead atoms. The molecule has 0 spiro atoms. The van der Waals surface area contributed by atoms with Gasteiger partial charge in [-0.25, -0.2) is 0 Å². The second kappa shape index (κ2) is 22.4. The van der Waals surface area contributed by atoms with E-state index >= 15 is 0 Å². The van der Waals surface area contributed by atoms with Crippen molar-refractivity contribution in [1.29, 1.82) is 0 Å². The fourth-order valence-corrected chi connectivity index (χ4v) is 3.35. The molecule has 0 aromatic rings. The van der Waals surface area contributed by atoms with Crippen molar-refractivity contribution in [1.82, 2.24) is 0 Å². The summed E-state index contributed by atoms with van der Waals surface area (Å²) in [6, 6.07) is 0. The molecule has 0 N–H and O–H groups in total. The van der Waals surface area contributed by atoms with Gasteiger partial charge in [0.25, 0.3) is 0 Å². The Hall–Kier alpha value is -1.30. The van der Waals surface area contributed by atoms with E-state index in [0.29, 0.717) is 0 Å². The Kier molecular flexibility index (Phi) is 21.4. The van der Waals surface area contributed by atoms with Gasteiger partial charge in [-0.1, -0.05) is 128 Å². The topological polar surface area (TPSA) is 0 Å². The Labute approximate surface area is 190 Å². The van der Waals surface area contributed by atoms with Gasteiger partial charge in [-0.05, 0) is 56.6 Å². The summed E-state index contributed by atoms with van der Waals surface area (Å²) < 4.78 is 0. The van der Waals surface area contributed by atoms with E-state index in [2.05, 4.69) is 83.2 Å². The second-order valence-electron chi connectivity index (χ2n) is 8.44. The molecule has 0 amide bonds. The summed E-state index contributed by atoms with van der Waals surface area (Å²) in [5, 5.41) is 0. The maximum absolute atomic E-state index is 2.39. The highest BCUT2D eigenvalue weighted by Crippen LogP contribution is 2.25. The molecule has 171 valence electrons. The van der Waals surface area contributed by atoms with Crippen LogP contribution in [0.5, 0.6) is 0 Å². The Morgan fingerprint density at radius 2 is 0.967 bits per heavy atom. The lowest BCUT2D eigenvalue weighted by molar-refractivity contribution is 0.674. The van der Waals surface area contributed by atoms with Crippen LogP contribution in [0.15, 0.2) is 59.8 Å². The first-order valence-corrected chi connectivity index (χ1v) is 12.9. The minimum atomic E-state index is 1.14. The van der Waals surface area contributed by atoms with Crippen LogP contribution in [0, 0.1) is 5.92 Å². The summed E-state index contributed by atoms with van der Waals surface area (Å²) in [7, 11) is 0. The van der Waals surface area contributed by atoms with Crippen molar-refractivity contribution in [3.8, 4) is 0 Å². The van der Waals surface area contributed by atoms with Gasteiger partial charge in [-0.3, -0.25) is 0 Å². The van der Waals surface area contributed by atoms with Crippen LogP contribution in [-0.4, -0.2) is 0 Å². The summed E-state index contributed by atoms with van der Waals surface area (Å²) in [5.74, 6) is 1.36. The molecule has 0 heteroatoms.